The second-order valence-corrected chi connectivity index (χ2v) is 8.50. The monoisotopic (exact) mass is 442 g/mol. The van der Waals surface area contributed by atoms with Gasteiger partial charge in [-0.1, -0.05) is 30.3 Å². The van der Waals surface area contributed by atoms with E-state index in [1.807, 2.05) is 30.2 Å². The van der Waals surface area contributed by atoms with Gasteiger partial charge in [-0.25, -0.2) is 9.38 Å². The molecule has 0 unspecified atom stereocenters. The number of nitrogens with zero attached hydrogens (tertiary/aromatic N) is 2. The van der Waals surface area contributed by atoms with E-state index in [0.29, 0.717) is 26.1 Å². The van der Waals surface area contributed by atoms with E-state index in [2.05, 4.69) is 28.8 Å². The maximum Gasteiger partial charge on any atom is 0.222 e. The van der Waals surface area contributed by atoms with Crippen molar-refractivity contribution in [3.8, 4) is 0 Å². The van der Waals surface area contributed by atoms with Crippen LogP contribution in [0.4, 0.5) is 4.39 Å². The molecule has 166 valence electrons. The molecule has 0 aromatic heterocycles. The Morgan fingerprint density at radius 3 is 2.74 bits per heavy atom. The summed E-state index contributed by atoms with van der Waals surface area (Å²) in [7, 11) is 0. The molecule has 0 saturated carbocycles. The average molecular weight is 443 g/mol. The first-order valence-electron chi connectivity index (χ1n) is 10.7. The summed E-state index contributed by atoms with van der Waals surface area (Å²) in [5, 5.41) is 6.63. The van der Waals surface area contributed by atoms with Gasteiger partial charge in [-0.2, -0.15) is 11.8 Å². The first-order chi connectivity index (χ1) is 15.1. The molecule has 7 heteroatoms. The molecule has 1 heterocycles. The summed E-state index contributed by atoms with van der Waals surface area (Å²) in [6.07, 6.45) is 3.63. The largest absolute Gasteiger partial charge is 0.357 e. The molecule has 1 fully saturated rings. The highest BCUT2D eigenvalue weighted by Crippen LogP contribution is 2.17. The third kappa shape index (κ3) is 6.99. The number of hydrogen-bond donors (Lipinski definition) is 2. The maximum atomic E-state index is 13.6. The van der Waals surface area contributed by atoms with E-state index in [9.17, 15) is 9.18 Å². The first kappa shape index (κ1) is 23.1. The van der Waals surface area contributed by atoms with Crippen molar-refractivity contribution in [3.05, 3.63) is 70.5 Å². The molecule has 2 N–H and O–H groups in total. The highest BCUT2D eigenvalue weighted by atomic mass is 32.2. The molecule has 31 heavy (non-hydrogen) atoms. The van der Waals surface area contributed by atoms with E-state index in [-0.39, 0.29) is 11.7 Å². The third-order valence-corrected chi connectivity index (χ3v) is 5.81. The predicted molar refractivity (Wildman–Crippen MR) is 126 cm³/mol. The van der Waals surface area contributed by atoms with E-state index < -0.39 is 0 Å². The van der Waals surface area contributed by atoms with Crippen molar-refractivity contribution >= 4 is 23.6 Å². The Hall–Kier alpha value is -2.54. The van der Waals surface area contributed by atoms with Gasteiger partial charge in [0.15, 0.2) is 5.96 Å². The number of hydrogen-bond acceptors (Lipinski definition) is 3. The molecule has 1 amide bonds. The summed E-state index contributed by atoms with van der Waals surface area (Å²) >= 11 is 1.68. The molecule has 0 bridgehead atoms. The Morgan fingerprint density at radius 2 is 2.00 bits per heavy atom. The van der Waals surface area contributed by atoms with Crippen LogP contribution in [0.2, 0.25) is 0 Å². The molecule has 0 radical (unpaired) electrons. The van der Waals surface area contributed by atoms with Crippen LogP contribution >= 0.6 is 11.8 Å². The minimum Gasteiger partial charge on any atom is -0.357 e. The van der Waals surface area contributed by atoms with Crippen molar-refractivity contribution in [2.75, 3.05) is 19.3 Å². The number of benzene rings is 2. The Kier molecular flexibility index (Phi) is 8.76. The van der Waals surface area contributed by atoms with Gasteiger partial charge >= 0.3 is 0 Å². The quantitative estimate of drug-likeness (QED) is 0.454. The molecule has 1 aliphatic heterocycles. The molecule has 2 aromatic carbocycles. The van der Waals surface area contributed by atoms with Crippen LogP contribution in [-0.4, -0.2) is 36.1 Å². The van der Waals surface area contributed by atoms with Gasteiger partial charge in [0.25, 0.3) is 0 Å². The second-order valence-electron chi connectivity index (χ2n) is 7.63. The van der Waals surface area contributed by atoms with Crippen molar-refractivity contribution in [3.63, 3.8) is 0 Å². The second kappa shape index (κ2) is 11.7. The number of guanidine groups is 1. The number of aliphatic imine (C=N–C) groups is 1. The highest BCUT2D eigenvalue weighted by Gasteiger charge is 2.19. The van der Waals surface area contributed by atoms with E-state index in [0.717, 1.165) is 53.5 Å². The molecule has 5 nitrogen and oxygen atoms in total. The zero-order chi connectivity index (χ0) is 22.1. The molecule has 1 saturated heterocycles. The van der Waals surface area contributed by atoms with Crippen molar-refractivity contribution < 1.29 is 9.18 Å². The average Bonchev–Trinajstić information content (AvgIpc) is 3.16. The fourth-order valence-electron chi connectivity index (χ4n) is 3.67. The van der Waals surface area contributed by atoms with Crippen LogP contribution < -0.4 is 10.6 Å². The van der Waals surface area contributed by atoms with Crippen LogP contribution in [0.5, 0.6) is 0 Å². The topological polar surface area (TPSA) is 56.7 Å². The zero-order valence-electron chi connectivity index (χ0n) is 18.3. The lowest BCUT2D eigenvalue weighted by Crippen LogP contribution is -2.37. The molecule has 0 atom stereocenters. The first-order valence-corrected chi connectivity index (χ1v) is 12.1. The van der Waals surface area contributed by atoms with Crippen molar-refractivity contribution in [2.24, 2.45) is 4.99 Å². The SMILES string of the molecule is CCNC(=NCc1cccc(CN2CCCC2=O)c1)NCc1ccc(F)cc1CSC. The van der Waals surface area contributed by atoms with Gasteiger partial charge in [-0.3, -0.25) is 4.79 Å². The fraction of sp³-hybridized carbons (Fsp3) is 0.417. The number of likely N-dealkylation sites (tertiary alicyclic amines) is 1. The molecule has 3 rings (SSSR count). The summed E-state index contributed by atoms with van der Waals surface area (Å²) < 4.78 is 13.6. The predicted octanol–water partition coefficient (Wildman–Crippen LogP) is 4.07. The summed E-state index contributed by atoms with van der Waals surface area (Å²) in [6, 6.07) is 13.2. The van der Waals surface area contributed by atoms with E-state index in [1.165, 1.54) is 6.07 Å². The Balaban J connectivity index is 1.63. The van der Waals surface area contributed by atoms with Gasteiger partial charge in [0.1, 0.15) is 5.82 Å². The summed E-state index contributed by atoms with van der Waals surface area (Å²) in [4.78, 5) is 18.5. The van der Waals surface area contributed by atoms with Crippen molar-refractivity contribution in [2.45, 2.75) is 45.2 Å². The van der Waals surface area contributed by atoms with Crippen LogP contribution in [0, 0.1) is 5.82 Å². The van der Waals surface area contributed by atoms with Crippen LogP contribution in [0.15, 0.2) is 47.5 Å². The summed E-state index contributed by atoms with van der Waals surface area (Å²) in [5.41, 5.74) is 4.30. The summed E-state index contributed by atoms with van der Waals surface area (Å²) in [6.45, 7) is 5.42. The van der Waals surface area contributed by atoms with Crippen molar-refractivity contribution in [1.82, 2.24) is 15.5 Å². The van der Waals surface area contributed by atoms with Crippen LogP contribution in [0.1, 0.15) is 42.0 Å². The molecule has 0 aliphatic carbocycles. The Bertz CT molecular complexity index is 918. The smallest absolute Gasteiger partial charge is 0.222 e. The van der Waals surface area contributed by atoms with Gasteiger partial charge < -0.3 is 15.5 Å². The molecule has 1 aliphatic rings. The summed E-state index contributed by atoms with van der Waals surface area (Å²) in [5.74, 6) is 1.53. The van der Waals surface area contributed by atoms with E-state index in [4.69, 9.17) is 4.99 Å². The molecule has 0 spiro atoms. The zero-order valence-corrected chi connectivity index (χ0v) is 19.1. The van der Waals surface area contributed by atoms with Gasteiger partial charge in [0, 0.05) is 38.4 Å². The van der Waals surface area contributed by atoms with Crippen LogP contribution in [0.3, 0.4) is 0 Å². The van der Waals surface area contributed by atoms with E-state index in [1.54, 1.807) is 17.8 Å². The van der Waals surface area contributed by atoms with Gasteiger partial charge in [0.2, 0.25) is 5.91 Å². The number of carbonyl (C=O) groups excluding carboxylic acids is 1. The number of thioether (sulfide) groups is 1. The fourth-order valence-corrected chi connectivity index (χ4v) is 4.25. The van der Waals surface area contributed by atoms with Gasteiger partial charge in [0.05, 0.1) is 6.54 Å². The standard InChI is InChI=1S/C24H31FN4OS/c1-3-26-24(28-15-20-9-10-22(25)13-21(20)17-31-2)27-14-18-6-4-7-19(12-18)16-29-11-5-8-23(29)30/h4,6-7,9-10,12-13H,3,5,8,11,14-17H2,1-2H3,(H2,26,27,28). The number of carbonyl (C=O) groups is 1. The minimum absolute atomic E-state index is 0.205. The lowest BCUT2D eigenvalue weighted by molar-refractivity contribution is -0.128. The molecule has 2 aromatic rings. The Morgan fingerprint density at radius 1 is 1.16 bits per heavy atom. The number of amides is 1. The van der Waals surface area contributed by atoms with Gasteiger partial charge in [-0.05, 0) is 54.0 Å². The minimum atomic E-state index is -0.205. The van der Waals surface area contributed by atoms with E-state index >= 15 is 0 Å². The van der Waals surface area contributed by atoms with Crippen LogP contribution in [-0.2, 0) is 30.2 Å². The third-order valence-electron chi connectivity index (χ3n) is 5.21. The molecular weight excluding hydrogens is 411 g/mol. The molecular formula is C24H31FN4OS. The lowest BCUT2D eigenvalue weighted by atomic mass is 10.1. The van der Waals surface area contributed by atoms with Crippen LogP contribution in [0.25, 0.3) is 0 Å². The van der Waals surface area contributed by atoms with Gasteiger partial charge in [-0.15, -0.1) is 0 Å². The Labute approximate surface area is 188 Å². The van der Waals surface area contributed by atoms with Crippen molar-refractivity contribution in [1.29, 1.82) is 0 Å². The normalized spacial score (nSPS) is 14.2. The lowest BCUT2D eigenvalue weighted by Gasteiger charge is -2.16. The highest BCUT2D eigenvalue weighted by molar-refractivity contribution is 7.97. The number of rotatable bonds is 9. The maximum absolute atomic E-state index is 13.6. The number of halogens is 1. The number of nitrogens with one attached hydrogen (secondary N) is 2.